The van der Waals surface area contributed by atoms with Gasteiger partial charge >= 0.3 is 0 Å². The third-order valence-corrected chi connectivity index (χ3v) is 3.86. The van der Waals surface area contributed by atoms with Crippen LogP contribution in [-0.2, 0) is 17.6 Å². The molecule has 0 spiro atoms. The van der Waals surface area contributed by atoms with E-state index in [9.17, 15) is 4.79 Å². The van der Waals surface area contributed by atoms with Crippen LogP contribution in [0.4, 0.5) is 0 Å². The van der Waals surface area contributed by atoms with E-state index in [4.69, 9.17) is 5.73 Å². The minimum atomic E-state index is -0.323. The van der Waals surface area contributed by atoms with Gasteiger partial charge in [-0.2, -0.15) is 0 Å². The number of hydrogen-bond acceptors (Lipinski definition) is 2. The summed E-state index contributed by atoms with van der Waals surface area (Å²) >= 11 is 0. The summed E-state index contributed by atoms with van der Waals surface area (Å²) in [5.41, 5.74) is 9.60. The predicted octanol–water partition coefficient (Wildman–Crippen LogP) is 2.27. The van der Waals surface area contributed by atoms with E-state index in [1.54, 1.807) is 4.90 Å². The largest absolute Gasteiger partial charge is 0.323 e. The van der Waals surface area contributed by atoms with Crippen LogP contribution in [0.2, 0.25) is 0 Å². The molecule has 2 aromatic carbocycles. The summed E-state index contributed by atoms with van der Waals surface area (Å²) in [6.45, 7) is 0.665. The van der Waals surface area contributed by atoms with Crippen molar-refractivity contribution in [3.05, 3.63) is 71.3 Å². The molecule has 0 saturated carbocycles. The Balaban J connectivity index is 1.76. The molecule has 102 valence electrons. The van der Waals surface area contributed by atoms with E-state index in [1.165, 1.54) is 5.56 Å². The zero-order valence-electron chi connectivity index (χ0n) is 11.3. The Hall–Kier alpha value is -2.13. The number of carbonyl (C=O) groups excluding carboxylic acids is 1. The van der Waals surface area contributed by atoms with Gasteiger partial charge in [0.1, 0.15) is 6.17 Å². The van der Waals surface area contributed by atoms with E-state index in [2.05, 4.69) is 12.1 Å². The van der Waals surface area contributed by atoms with Crippen molar-refractivity contribution in [2.45, 2.75) is 19.0 Å². The van der Waals surface area contributed by atoms with Crippen molar-refractivity contribution in [2.24, 2.45) is 5.73 Å². The maximum Gasteiger partial charge on any atom is 0.228 e. The fourth-order valence-electron chi connectivity index (χ4n) is 2.73. The van der Waals surface area contributed by atoms with Gasteiger partial charge in [-0.15, -0.1) is 0 Å². The molecule has 1 aliphatic heterocycles. The number of hydrogen-bond donors (Lipinski definition) is 1. The van der Waals surface area contributed by atoms with E-state index in [0.29, 0.717) is 13.0 Å². The Morgan fingerprint density at radius 2 is 1.75 bits per heavy atom. The summed E-state index contributed by atoms with van der Waals surface area (Å²) in [6, 6.07) is 18.1. The third kappa shape index (κ3) is 2.45. The highest BCUT2D eigenvalue weighted by Crippen LogP contribution is 2.26. The van der Waals surface area contributed by atoms with Crippen molar-refractivity contribution in [1.29, 1.82) is 0 Å². The molecule has 2 N–H and O–H groups in total. The lowest BCUT2D eigenvalue weighted by molar-refractivity contribution is -0.133. The SMILES string of the molecule is NC1c2ccccc2CC(=O)N1CCc1ccccc1. The first-order valence-corrected chi connectivity index (χ1v) is 6.92. The smallest absolute Gasteiger partial charge is 0.228 e. The molecule has 1 aliphatic rings. The molecule has 1 amide bonds. The Labute approximate surface area is 119 Å². The maximum atomic E-state index is 12.2. The average molecular weight is 266 g/mol. The van der Waals surface area contributed by atoms with Crippen molar-refractivity contribution >= 4 is 5.91 Å². The molecule has 2 aromatic rings. The Morgan fingerprint density at radius 1 is 1.05 bits per heavy atom. The van der Waals surface area contributed by atoms with Gasteiger partial charge in [-0.25, -0.2) is 0 Å². The second kappa shape index (κ2) is 5.47. The van der Waals surface area contributed by atoms with Gasteiger partial charge in [0.2, 0.25) is 5.91 Å². The lowest BCUT2D eigenvalue weighted by atomic mass is 9.96. The van der Waals surface area contributed by atoms with Crippen LogP contribution in [0.5, 0.6) is 0 Å². The summed E-state index contributed by atoms with van der Waals surface area (Å²) in [6.07, 6.45) is 0.970. The van der Waals surface area contributed by atoms with E-state index in [1.807, 2.05) is 42.5 Å². The third-order valence-electron chi connectivity index (χ3n) is 3.86. The first kappa shape index (κ1) is 12.9. The van der Waals surface area contributed by atoms with Crippen molar-refractivity contribution in [1.82, 2.24) is 4.90 Å². The Morgan fingerprint density at radius 3 is 2.55 bits per heavy atom. The molecule has 3 rings (SSSR count). The molecular formula is C17H18N2O. The van der Waals surface area contributed by atoms with Crippen LogP contribution in [0.15, 0.2) is 54.6 Å². The summed E-state index contributed by atoms with van der Waals surface area (Å²) in [5.74, 6) is 0.118. The van der Waals surface area contributed by atoms with E-state index < -0.39 is 0 Å². The fourth-order valence-corrected chi connectivity index (χ4v) is 2.73. The number of fused-ring (bicyclic) bond motifs is 1. The minimum absolute atomic E-state index is 0.118. The fraction of sp³-hybridized carbons (Fsp3) is 0.235. The molecule has 0 aliphatic carbocycles. The predicted molar refractivity (Wildman–Crippen MR) is 78.9 cm³/mol. The lowest BCUT2D eigenvalue weighted by Crippen LogP contribution is -2.45. The van der Waals surface area contributed by atoms with E-state index in [0.717, 1.165) is 17.5 Å². The number of rotatable bonds is 3. The Kier molecular flexibility index (Phi) is 3.52. The van der Waals surface area contributed by atoms with Crippen LogP contribution >= 0.6 is 0 Å². The standard InChI is InChI=1S/C17H18N2O/c18-17-15-9-5-4-8-14(15)12-16(20)19(17)11-10-13-6-2-1-3-7-13/h1-9,17H,10-12,18H2. The van der Waals surface area contributed by atoms with Crippen molar-refractivity contribution in [3.63, 3.8) is 0 Å². The zero-order chi connectivity index (χ0) is 13.9. The topological polar surface area (TPSA) is 46.3 Å². The number of benzene rings is 2. The van der Waals surface area contributed by atoms with E-state index >= 15 is 0 Å². The molecule has 3 heteroatoms. The second-order valence-electron chi connectivity index (χ2n) is 5.14. The summed E-state index contributed by atoms with van der Waals surface area (Å²) in [7, 11) is 0. The molecular weight excluding hydrogens is 248 g/mol. The molecule has 0 radical (unpaired) electrons. The molecule has 0 saturated heterocycles. The summed E-state index contributed by atoms with van der Waals surface area (Å²) in [5, 5.41) is 0. The van der Waals surface area contributed by atoms with Crippen LogP contribution in [0, 0.1) is 0 Å². The molecule has 1 atom stereocenters. The van der Waals surface area contributed by atoms with Crippen LogP contribution in [-0.4, -0.2) is 17.4 Å². The summed E-state index contributed by atoms with van der Waals surface area (Å²) in [4.78, 5) is 14.0. The van der Waals surface area contributed by atoms with Gasteiger partial charge in [0.25, 0.3) is 0 Å². The van der Waals surface area contributed by atoms with Gasteiger partial charge in [-0.05, 0) is 23.1 Å². The molecule has 0 bridgehead atoms. The highest BCUT2D eigenvalue weighted by atomic mass is 16.2. The van der Waals surface area contributed by atoms with Gasteiger partial charge < -0.3 is 10.6 Å². The molecule has 20 heavy (non-hydrogen) atoms. The normalized spacial score (nSPS) is 17.9. The van der Waals surface area contributed by atoms with Crippen LogP contribution < -0.4 is 5.73 Å². The molecule has 0 aromatic heterocycles. The molecule has 3 nitrogen and oxygen atoms in total. The Bertz CT molecular complexity index is 609. The van der Waals surface area contributed by atoms with E-state index in [-0.39, 0.29) is 12.1 Å². The second-order valence-corrected chi connectivity index (χ2v) is 5.14. The first-order chi connectivity index (χ1) is 9.75. The van der Waals surface area contributed by atoms with Crippen LogP contribution in [0.25, 0.3) is 0 Å². The minimum Gasteiger partial charge on any atom is -0.323 e. The lowest BCUT2D eigenvalue weighted by Gasteiger charge is -2.34. The van der Waals surface area contributed by atoms with Crippen LogP contribution in [0.1, 0.15) is 22.9 Å². The molecule has 0 fully saturated rings. The molecule has 1 heterocycles. The maximum absolute atomic E-state index is 12.2. The van der Waals surface area contributed by atoms with Gasteiger partial charge in [0.15, 0.2) is 0 Å². The number of nitrogens with two attached hydrogens (primary N) is 1. The van der Waals surface area contributed by atoms with Gasteiger partial charge in [0, 0.05) is 6.54 Å². The van der Waals surface area contributed by atoms with Gasteiger partial charge in [-0.3, -0.25) is 4.79 Å². The first-order valence-electron chi connectivity index (χ1n) is 6.92. The number of nitrogens with zero attached hydrogens (tertiary/aromatic N) is 1. The zero-order valence-corrected chi connectivity index (χ0v) is 11.3. The van der Waals surface area contributed by atoms with Crippen molar-refractivity contribution in [2.75, 3.05) is 6.54 Å². The van der Waals surface area contributed by atoms with Crippen LogP contribution in [0.3, 0.4) is 0 Å². The highest BCUT2D eigenvalue weighted by Gasteiger charge is 2.28. The van der Waals surface area contributed by atoms with Gasteiger partial charge in [-0.1, -0.05) is 54.6 Å². The number of carbonyl (C=O) groups is 1. The summed E-state index contributed by atoms with van der Waals surface area (Å²) < 4.78 is 0. The van der Waals surface area contributed by atoms with Crippen molar-refractivity contribution < 1.29 is 4.79 Å². The average Bonchev–Trinajstić information content (AvgIpc) is 2.48. The van der Waals surface area contributed by atoms with Gasteiger partial charge in [0.05, 0.1) is 6.42 Å². The monoisotopic (exact) mass is 266 g/mol. The quantitative estimate of drug-likeness (QED) is 0.926. The molecule has 1 unspecified atom stereocenters. The number of amides is 1. The van der Waals surface area contributed by atoms with Crippen molar-refractivity contribution in [3.8, 4) is 0 Å². The highest BCUT2D eigenvalue weighted by molar-refractivity contribution is 5.81.